The fraction of sp³-hybridized carbons (Fsp3) is 0.412. The monoisotopic (exact) mass is 348 g/mol. The van der Waals surface area contributed by atoms with Crippen LogP contribution in [0.5, 0.6) is 0 Å². The molecule has 1 atom stereocenters. The third-order valence-electron chi connectivity index (χ3n) is 4.18. The van der Waals surface area contributed by atoms with Crippen LogP contribution in [0.1, 0.15) is 6.92 Å². The molecule has 0 spiro atoms. The summed E-state index contributed by atoms with van der Waals surface area (Å²) in [6.07, 6.45) is 1.60. The van der Waals surface area contributed by atoms with E-state index in [4.69, 9.17) is 16.3 Å². The lowest BCUT2D eigenvalue weighted by Crippen LogP contribution is -2.45. The van der Waals surface area contributed by atoms with Gasteiger partial charge in [0.05, 0.1) is 30.8 Å². The fourth-order valence-corrected chi connectivity index (χ4v) is 2.91. The molecular formula is C17H21ClN4O2. The molecule has 1 aliphatic heterocycles. The summed E-state index contributed by atoms with van der Waals surface area (Å²) in [6, 6.07) is 9.55. The second-order valence-electron chi connectivity index (χ2n) is 5.80. The smallest absolute Gasteiger partial charge is 0.292 e. The van der Waals surface area contributed by atoms with E-state index in [0.717, 1.165) is 26.3 Å². The summed E-state index contributed by atoms with van der Waals surface area (Å²) in [6.45, 7) is 6.20. The number of aromatic nitrogens is 2. The van der Waals surface area contributed by atoms with Gasteiger partial charge >= 0.3 is 0 Å². The number of hydrogen-bond acceptors (Lipinski definition) is 5. The van der Waals surface area contributed by atoms with Crippen LogP contribution >= 0.6 is 11.6 Å². The number of para-hydroxylation sites is 1. The maximum absolute atomic E-state index is 12.4. The second kappa shape index (κ2) is 7.79. The number of anilines is 1. The third-order valence-corrected chi connectivity index (χ3v) is 4.54. The Balaban J connectivity index is 1.71. The molecule has 1 saturated heterocycles. The Bertz CT molecular complexity index is 729. The van der Waals surface area contributed by atoms with E-state index in [0.29, 0.717) is 24.0 Å². The van der Waals surface area contributed by atoms with Crippen molar-refractivity contribution in [2.45, 2.75) is 13.0 Å². The molecule has 1 aromatic carbocycles. The average molecular weight is 349 g/mol. The number of hydrogen-bond donors (Lipinski definition) is 1. The number of benzene rings is 1. The van der Waals surface area contributed by atoms with Crippen LogP contribution in [0, 0.1) is 0 Å². The lowest BCUT2D eigenvalue weighted by Gasteiger charge is -2.32. The quantitative estimate of drug-likeness (QED) is 0.895. The summed E-state index contributed by atoms with van der Waals surface area (Å²) < 4.78 is 6.67. The highest BCUT2D eigenvalue weighted by atomic mass is 35.5. The van der Waals surface area contributed by atoms with Gasteiger partial charge in [-0.1, -0.05) is 29.8 Å². The summed E-state index contributed by atoms with van der Waals surface area (Å²) >= 11 is 6.25. The van der Waals surface area contributed by atoms with Crippen molar-refractivity contribution < 1.29 is 4.74 Å². The van der Waals surface area contributed by atoms with E-state index >= 15 is 0 Å². The zero-order valence-electron chi connectivity index (χ0n) is 13.6. The summed E-state index contributed by atoms with van der Waals surface area (Å²) in [5, 5.41) is 7.62. The topological polar surface area (TPSA) is 59.4 Å². The highest BCUT2D eigenvalue weighted by Gasteiger charge is 2.17. The maximum Gasteiger partial charge on any atom is 0.292 e. The van der Waals surface area contributed by atoms with Gasteiger partial charge in [0.1, 0.15) is 5.02 Å². The molecule has 3 rings (SSSR count). The minimum Gasteiger partial charge on any atom is -0.381 e. The molecule has 0 radical (unpaired) electrons. The summed E-state index contributed by atoms with van der Waals surface area (Å²) in [7, 11) is 0. The van der Waals surface area contributed by atoms with Crippen LogP contribution in [0.15, 0.2) is 41.3 Å². The lowest BCUT2D eigenvalue weighted by atomic mass is 10.2. The van der Waals surface area contributed by atoms with Crippen molar-refractivity contribution in [2.75, 3.05) is 38.2 Å². The molecule has 1 N–H and O–H groups in total. The Morgan fingerprint density at radius 3 is 2.71 bits per heavy atom. The summed E-state index contributed by atoms with van der Waals surface area (Å²) in [4.78, 5) is 14.8. The Morgan fingerprint density at radius 2 is 2.00 bits per heavy atom. The van der Waals surface area contributed by atoms with E-state index in [1.807, 2.05) is 30.3 Å². The molecule has 0 bridgehead atoms. The first-order chi connectivity index (χ1) is 11.7. The van der Waals surface area contributed by atoms with Gasteiger partial charge in [-0.3, -0.25) is 9.69 Å². The molecule has 24 heavy (non-hydrogen) atoms. The van der Waals surface area contributed by atoms with Gasteiger partial charge in [-0.25, -0.2) is 0 Å². The Kier molecular flexibility index (Phi) is 5.50. The van der Waals surface area contributed by atoms with E-state index in [1.54, 1.807) is 6.20 Å². The van der Waals surface area contributed by atoms with Gasteiger partial charge in [-0.05, 0) is 19.1 Å². The van der Waals surface area contributed by atoms with Gasteiger partial charge in [0.25, 0.3) is 5.56 Å². The molecule has 7 heteroatoms. The zero-order chi connectivity index (χ0) is 16.9. The van der Waals surface area contributed by atoms with Crippen LogP contribution in [0.3, 0.4) is 0 Å². The SMILES string of the molecule is C[C@H](CNc1cnn(-c2ccccc2)c(=O)c1Cl)N1CCOCC1. The van der Waals surface area contributed by atoms with E-state index in [2.05, 4.69) is 22.2 Å². The summed E-state index contributed by atoms with van der Waals surface area (Å²) in [5.41, 5.74) is 0.929. The van der Waals surface area contributed by atoms with Gasteiger partial charge in [-0.15, -0.1) is 0 Å². The molecule has 0 aliphatic carbocycles. The number of nitrogens with one attached hydrogen (secondary N) is 1. The molecule has 128 valence electrons. The van der Waals surface area contributed by atoms with Gasteiger partial charge in [0.2, 0.25) is 0 Å². The van der Waals surface area contributed by atoms with Crippen molar-refractivity contribution in [3.8, 4) is 5.69 Å². The zero-order valence-corrected chi connectivity index (χ0v) is 14.4. The number of morpholine rings is 1. The number of ether oxygens (including phenoxy) is 1. The minimum atomic E-state index is -0.327. The molecule has 1 aromatic heterocycles. The van der Waals surface area contributed by atoms with Crippen molar-refractivity contribution in [3.63, 3.8) is 0 Å². The van der Waals surface area contributed by atoms with Crippen molar-refractivity contribution in [1.29, 1.82) is 0 Å². The highest BCUT2D eigenvalue weighted by Crippen LogP contribution is 2.17. The first kappa shape index (κ1) is 17.0. The molecule has 2 heterocycles. The van der Waals surface area contributed by atoms with Gasteiger partial charge in [0, 0.05) is 25.7 Å². The Hall–Kier alpha value is -1.89. The van der Waals surface area contributed by atoms with Crippen LogP contribution in [0.4, 0.5) is 5.69 Å². The van der Waals surface area contributed by atoms with Gasteiger partial charge in [-0.2, -0.15) is 9.78 Å². The maximum atomic E-state index is 12.4. The molecule has 1 aliphatic rings. The molecule has 1 fully saturated rings. The van der Waals surface area contributed by atoms with E-state index < -0.39 is 0 Å². The third kappa shape index (κ3) is 3.77. The molecule has 0 saturated carbocycles. The molecule has 6 nitrogen and oxygen atoms in total. The van der Waals surface area contributed by atoms with E-state index in [1.165, 1.54) is 4.68 Å². The molecule has 2 aromatic rings. The van der Waals surface area contributed by atoms with Crippen molar-refractivity contribution >= 4 is 17.3 Å². The van der Waals surface area contributed by atoms with E-state index in [-0.39, 0.29) is 10.6 Å². The lowest BCUT2D eigenvalue weighted by molar-refractivity contribution is 0.0227. The molecule has 0 unspecified atom stereocenters. The van der Waals surface area contributed by atoms with Crippen molar-refractivity contribution in [1.82, 2.24) is 14.7 Å². The first-order valence-corrected chi connectivity index (χ1v) is 8.43. The van der Waals surface area contributed by atoms with Crippen LogP contribution in [-0.4, -0.2) is 53.6 Å². The van der Waals surface area contributed by atoms with Crippen LogP contribution in [0.25, 0.3) is 5.69 Å². The number of rotatable bonds is 5. The average Bonchev–Trinajstić information content (AvgIpc) is 2.64. The Labute approximate surface area is 146 Å². The van der Waals surface area contributed by atoms with Gasteiger partial charge < -0.3 is 10.1 Å². The second-order valence-corrected chi connectivity index (χ2v) is 6.18. The fourth-order valence-electron chi connectivity index (χ4n) is 2.71. The standard InChI is InChI=1S/C17H21ClN4O2/c1-13(21-7-9-24-10-8-21)11-19-15-12-20-22(17(23)16(15)18)14-5-3-2-4-6-14/h2-6,12-13,19H,7-11H2,1H3/t13-/m1/s1. The van der Waals surface area contributed by atoms with E-state index in [9.17, 15) is 4.79 Å². The predicted molar refractivity (Wildman–Crippen MR) is 95.2 cm³/mol. The summed E-state index contributed by atoms with van der Waals surface area (Å²) in [5.74, 6) is 0. The number of halogens is 1. The molecule has 0 amide bonds. The minimum absolute atomic E-state index is 0.156. The van der Waals surface area contributed by atoms with Crippen molar-refractivity contribution in [2.24, 2.45) is 0 Å². The van der Waals surface area contributed by atoms with Gasteiger partial charge in [0.15, 0.2) is 0 Å². The normalized spacial score (nSPS) is 16.8. The Morgan fingerprint density at radius 1 is 1.29 bits per heavy atom. The number of nitrogens with zero attached hydrogens (tertiary/aromatic N) is 3. The molecular weight excluding hydrogens is 328 g/mol. The highest BCUT2D eigenvalue weighted by molar-refractivity contribution is 6.32. The first-order valence-electron chi connectivity index (χ1n) is 8.06. The van der Waals surface area contributed by atoms with Crippen LogP contribution < -0.4 is 10.9 Å². The van der Waals surface area contributed by atoms with Crippen LogP contribution in [-0.2, 0) is 4.74 Å². The van der Waals surface area contributed by atoms with Crippen LogP contribution in [0.2, 0.25) is 5.02 Å². The van der Waals surface area contributed by atoms with Crippen molar-refractivity contribution in [3.05, 3.63) is 51.9 Å². The largest absolute Gasteiger partial charge is 0.381 e. The predicted octanol–water partition coefficient (Wildman–Crippen LogP) is 2.02.